The van der Waals surface area contributed by atoms with Gasteiger partial charge in [-0.2, -0.15) is 0 Å². The molecule has 0 saturated heterocycles. The highest BCUT2D eigenvalue weighted by Gasteiger charge is 2.13. The Morgan fingerprint density at radius 2 is 1.93 bits per heavy atom. The van der Waals surface area contributed by atoms with Crippen molar-refractivity contribution < 1.29 is 14.0 Å². The summed E-state index contributed by atoms with van der Waals surface area (Å²) in [5.41, 5.74) is 2.91. The first-order chi connectivity index (χ1) is 13.5. The molecule has 1 amide bonds. The molecule has 0 radical (unpaired) electrons. The van der Waals surface area contributed by atoms with Crippen LogP contribution in [0.2, 0.25) is 0 Å². The molecule has 0 atom stereocenters. The summed E-state index contributed by atoms with van der Waals surface area (Å²) in [6.45, 7) is 1.45. The number of hydrogen-bond acceptors (Lipinski definition) is 6. The van der Waals surface area contributed by atoms with E-state index in [9.17, 15) is 14.0 Å². The van der Waals surface area contributed by atoms with E-state index < -0.39 is 0 Å². The van der Waals surface area contributed by atoms with E-state index in [-0.39, 0.29) is 23.3 Å². The van der Waals surface area contributed by atoms with Crippen molar-refractivity contribution in [2.24, 2.45) is 0 Å². The fraction of sp³-hybridized carbons (Fsp3) is 0.150. The maximum atomic E-state index is 13.0. The van der Waals surface area contributed by atoms with E-state index >= 15 is 0 Å². The van der Waals surface area contributed by atoms with Crippen LogP contribution in [0.5, 0.6) is 0 Å². The van der Waals surface area contributed by atoms with Crippen molar-refractivity contribution >= 4 is 52.2 Å². The molecule has 0 bridgehead atoms. The predicted molar refractivity (Wildman–Crippen MR) is 115 cm³/mol. The van der Waals surface area contributed by atoms with Gasteiger partial charge in [-0.25, -0.2) is 9.37 Å². The third kappa shape index (κ3) is 5.21. The zero-order chi connectivity index (χ0) is 20.1. The van der Waals surface area contributed by atoms with Crippen LogP contribution in [0, 0.1) is 5.82 Å². The van der Waals surface area contributed by atoms with Gasteiger partial charge in [-0.05, 0) is 48.7 Å². The number of amides is 1. The lowest BCUT2D eigenvalue weighted by molar-refractivity contribution is -0.114. The van der Waals surface area contributed by atoms with Crippen molar-refractivity contribution in [2.45, 2.75) is 16.2 Å². The zero-order valence-electron chi connectivity index (χ0n) is 15.2. The Kier molecular flexibility index (Phi) is 6.88. The van der Waals surface area contributed by atoms with Gasteiger partial charge in [0, 0.05) is 28.3 Å². The summed E-state index contributed by atoms with van der Waals surface area (Å²) >= 11 is 4.31. The summed E-state index contributed by atoms with van der Waals surface area (Å²) in [5, 5.41) is 4.66. The van der Waals surface area contributed by atoms with Crippen LogP contribution in [0.25, 0.3) is 11.3 Å². The van der Waals surface area contributed by atoms with E-state index in [1.807, 2.05) is 11.6 Å². The third-order valence-electron chi connectivity index (χ3n) is 3.78. The van der Waals surface area contributed by atoms with Crippen LogP contribution in [0.3, 0.4) is 0 Å². The summed E-state index contributed by atoms with van der Waals surface area (Å²) in [4.78, 5) is 29.2. The quantitative estimate of drug-likeness (QED) is 0.389. The monoisotopic (exact) mass is 432 g/mol. The van der Waals surface area contributed by atoms with Gasteiger partial charge in [0.15, 0.2) is 10.1 Å². The smallest absolute Gasteiger partial charge is 0.221 e. The lowest BCUT2D eigenvalue weighted by atomic mass is 10.1. The Bertz CT molecular complexity index is 1000. The zero-order valence-corrected chi connectivity index (χ0v) is 17.6. The number of carbonyl (C=O) groups excluding carboxylic acids is 2. The fourth-order valence-electron chi connectivity index (χ4n) is 2.45. The number of thiazole rings is 1. The maximum Gasteiger partial charge on any atom is 0.221 e. The molecule has 0 aliphatic carbocycles. The molecule has 0 saturated carbocycles. The van der Waals surface area contributed by atoms with Gasteiger partial charge < -0.3 is 5.32 Å². The number of nitrogens with zero attached hydrogens (tertiary/aromatic N) is 1. The van der Waals surface area contributed by atoms with Crippen LogP contribution in [-0.4, -0.2) is 28.7 Å². The molecular weight excluding hydrogens is 415 g/mol. The number of nitrogens with one attached hydrogen (secondary N) is 1. The number of aromatic nitrogens is 1. The minimum Gasteiger partial charge on any atom is -0.325 e. The van der Waals surface area contributed by atoms with E-state index in [0.29, 0.717) is 11.3 Å². The van der Waals surface area contributed by atoms with E-state index in [0.717, 1.165) is 20.5 Å². The molecule has 2 aromatic carbocycles. The first-order valence-corrected chi connectivity index (χ1v) is 11.4. The average Bonchev–Trinajstić information content (AvgIpc) is 3.15. The molecule has 144 valence electrons. The van der Waals surface area contributed by atoms with Gasteiger partial charge in [-0.3, -0.25) is 9.59 Å². The number of anilines is 1. The number of ketones is 1. The van der Waals surface area contributed by atoms with Gasteiger partial charge in [0.05, 0.1) is 17.1 Å². The van der Waals surface area contributed by atoms with Crippen molar-refractivity contribution in [1.29, 1.82) is 0 Å². The molecule has 1 heterocycles. The highest BCUT2D eigenvalue weighted by Crippen LogP contribution is 2.30. The molecule has 0 spiro atoms. The molecule has 0 unspecified atom stereocenters. The van der Waals surface area contributed by atoms with Gasteiger partial charge in [0.2, 0.25) is 5.91 Å². The number of benzene rings is 2. The van der Waals surface area contributed by atoms with Gasteiger partial charge >= 0.3 is 0 Å². The van der Waals surface area contributed by atoms with E-state index in [4.69, 9.17) is 0 Å². The topological polar surface area (TPSA) is 59.1 Å². The van der Waals surface area contributed by atoms with Crippen LogP contribution >= 0.6 is 34.9 Å². The summed E-state index contributed by atoms with van der Waals surface area (Å²) in [7, 11) is 0. The molecule has 8 heteroatoms. The van der Waals surface area contributed by atoms with Crippen molar-refractivity contribution in [3.63, 3.8) is 0 Å². The fourth-order valence-corrected chi connectivity index (χ4v) is 4.76. The minimum absolute atomic E-state index is 0.00629. The second-order valence-electron chi connectivity index (χ2n) is 5.81. The van der Waals surface area contributed by atoms with Gasteiger partial charge in [-0.1, -0.05) is 11.8 Å². The van der Waals surface area contributed by atoms with Crippen molar-refractivity contribution in [3.8, 4) is 11.3 Å². The number of Topliss-reactive ketones (excluding diaryl/α,β-unsaturated/α-hetero) is 1. The van der Waals surface area contributed by atoms with Gasteiger partial charge in [0.25, 0.3) is 0 Å². The molecular formula is C20H17FN2O2S3. The first-order valence-electron chi connectivity index (χ1n) is 8.29. The van der Waals surface area contributed by atoms with Crippen LogP contribution in [-0.2, 0) is 4.79 Å². The number of halogens is 1. The molecule has 3 aromatic rings. The van der Waals surface area contributed by atoms with Crippen LogP contribution in [0.4, 0.5) is 10.1 Å². The predicted octanol–water partition coefficient (Wildman–Crippen LogP) is 5.60. The van der Waals surface area contributed by atoms with Crippen LogP contribution in [0.1, 0.15) is 17.3 Å². The Morgan fingerprint density at radius 3 is 2.61 bits per heavy atom. The maximum absolute atomic E-state index is 13.0. The molecule has 3 rings (SSSR count). The van der Waals surface area contributed by atoms with Crippen molar-refractivity contribution in [1.82, 2.24) is 4.98 Å². The third-order valence-corrected chi connectivity index (χ3v) is 6.58. The molecule has 0 aliphatic heterocycles. The molecule has 1 aromatic heterocycles. The van der Waals surface area contributed by atoms with E-state index in [2.05, 4.69) is 10.3 Å². The number of thioether (sulfide) groups is 2. The molecule has 4 nitrogen and oxygen atoms in total. The second kappa shape index (κ2) is 9.36. The van der Waals surface area contributed by atoms with Gasteiger partial charge in [-0.15, -0.1) is 23.1 Å². The molecule has 1 N–H and O–H groups in total. The lowest BCUT2D eigenvalue weighted by Gasteiger charge is -2.09. The Balaban J connectivity index is 1.65. The van der Waals surface area contributed by atoms with Crippen molar-refractivity contribution in [3.05, 3.63) is 59.2 Å². The molecule has 0 aliphatic rings. The normalized spacial score (nSPS) is 10.7. The largest absolute Gasteiger partial charge is 0.325 e. The first kappa shape index (κ1) is 20.6. The Labute approximate surface area is 175 Å². The second-order valence-corrected chi connectivity index (χ2v) is 8.74. The Morgan fingerprint density at radius 1 is 1.18 bits per heavy atom. The van der Waals surface area contributed by atoms with E-state index in [1.54, 1.807) is 30.3 Å². The van der Waals surface area contributed by atoms with Crippen LogP contribution < -0.4 is 5.32 Å². The standard InChI is InChI=1S/C20H17FN2O2S3/c1-12(24)22-16-8-5-14(9-19(16)26-2)18(25)11-28-20-23-17(10-27-20)13-3-6-15(21)7-4-13/h3-10H,11H2,1-2H3,(H,22,24). The summed E-state index contributed by atoms with van der Waals surface area (Å²) < 4.78 is 13.8. The van der Waals surface area contributed by atoms with Gasteiger partial charge in [0.1, 0.15) is 5.82 Å². The van der Waals surface area contributed by atoms with Crippen molar-refractivity contribution in [2.75, 3.05) is 17.3 Å². The summed E-state index contributed by atoms with van der Waals surface area (Å²) in [5.74, 6) is -0.170. The average molecular weight is 433 g/mol. The number of hydrogen-bond donors (Lipinski definition) is 1. The molecule has 0 fully saturated rings. The lowest BCUT2D eigenvalue weighted by Crippen LogP contribution is -2.08. The summed E-state index contributed by atoms with van der Waals surface area (Å²) in [6.07, 6.45) is 1.90. The highest BCUT2D eigenvalue weighted by atomic mass is 32.2. The highest BCUT2D eigenvalue weighted by molar-refractivity contribution is 8.01. The number of carbonyl (C=O) groups is 2. The SMILES string of the molecule is CSc1cc(C(=O)CSc2nc(-c3ccc(F)cc3)cs2)ccc1NC(C)=O. The summed E-state index contributed by atoms with van der Waals surface area (Å²) in [6, 6.07) is 11.4. The van der Waals surface area contributed by atoms with Crippen LogP contribution in [0.15, 0.2) is 57.1 Å². The number of rotatable bonds is 7. The van der Waals surface area contributed by atoms with E-state index in [1.165, 1.54) is 53.9 Å². The minimum atomic E-state index is -0.284. The molecule has 28 heavy (non-hydrogen) atoms. The Hall–Kier alpha value is -2.16.